The summed E-state index contributed by atoms with van der Waals surface area (Å²) < 4.78 is 4.63. The van der Waals surface area contributed by atoms with Gasteiger partial charge in [-0.3, -0.25) is 10.1 Å². The van der Waals surface area contributed by atoms with Crippen molar-refractivity contribution in [2.24, 2.45) is 0 Å². The maximum absolute atomic E-state index is 10.9. The van der Waals surface area contributed by atoms with Crippen LogP contribution in [0.3, 0.4) is 0 Å². The number of anilines is 1. The van der Waals surface area contributed by atoms with Crippen LogP contribution in [0, 0.1) is 10.1 Å². The summed E-state index contributed by atoms with van der Waals surface area (Å²) in [5, 5.41) is 31.7. The van der Waals surface area contributed by atoms with Crippen molar-refractivity contribution in [1.29, 1.82) is 0 Å². The molecule has 1 aliphatic carbocycles. The number of hydrogen-bond acceptors (Lipinski definition) is 7. The molecule has 1 aliphatic rings. The molecule has 0 radical (unpaired) electrons. The van der Waals surface area contributed by atoms with Crippen molar-refractivity contribution in [2.45, 2.75) is 44.2 Å². The molecule has 2 atom stereocenters. The molecule has 0 bridgehead atoms. The van der Waals surface area contributed by atoms with Gasteiger partial charge in [0.2, 0.25) is 5.52 Å². The zero-order valence-corrected chi connectivity index (χ0v) is 11.4. The highest BCUT2D eigenvalue weighted by Gasteiger charge is 2.25. The lowest BCUT2D eigenvalue weighted by Crippen LogP contribution is -2.32. The molecule has 2 N–H and O–H groups in total. The number of aliphatic hydroxyl groups is 1. The van der Waals surface area contributed by atoms with E-state index in [0.717, 1.165) is 32.1 Å². The lowest BCUT2D eigenvalue weighted by molar-refractivity contribution is -0.383. The molecule has 8 heteroatoms. The average Bonchev–Trinajstić information content (AvgIpc) is 2.86. The Bertz CT molecular complexity index is 657. The molecule has 2 unspecified atom stereocenters. The van der Waals surface area contributed by atoms with E-state index in [2.05, 4.69) is 20.3 Å². The SMILES string of the molecule is O=[N+]([O-])c1ccc(NC2CCCCCC2O)c2nonc12. The van der Waals surface area contributed by atoms with E-state index in [1.807, 2.05) is 0 Å². The average molecular weight is 292 g/mol. The minimum Gasteiger partial charge on any atom is -0.391 e. The summed E-state index contributed by atoms with van der Waals surface area (Å²) in [5.41, 5.74) is 0.898. The summed E-state index contributed by atoms with van der Waals surface area (Å²) in [7, 11) is 0. The highest BCUT2D eigenvalue weighted by atomic mass is 16.6. The highest BCUT2D eigenvalue weighted by molar-refractivity contribution is 5.93. The second-order valence-electron chi connectivity index (χ2n) is 5.31. The summed E-state index contributed by atoms with van der Waals surface area (Å²) in [5.74, 6) is 0. The molecule has 1 fully saturated rings. The van der Waals surface area contributed by atoms with Crippen molar-refractivity contribution < 1.29 is 14.7 Å². The molecule has 1 heterocycles. The Hall–Kier alpha value is -2.22. The maximum Gasteiger partial charge on any atom is 0.300 e. The molecule has 0 amide bonds. The highest BCUT2D eigenvalue weighted by Crippen LogP contribution is 2.30. The number of benzene rings is 1. The van der Waals surface area contributed by atoms with Crippen molar-refractivity contribution in [3.8, 4) is 0 Å². The number of non-ortho nitro benzene ring substituents is 1. The van der Waals surface area contributed by atoms with Crippen LogP contribution in [0.25, 0.3) is 11.0 Å². The van der Waals surface area contributed by atoms with E-state index in [1.54, 1.807) is 6.07 Å². The van der Waals surface area contributed by atoms with Crippen LogP contribution in [0.5, 0.6) is 0 Å². The Labute approximate surface area is 120 Å². The molecule has 1 aromatic heterocycles. The number of fused-ring (bicyclic) bond motifs is 1. The topological polar surface area (TPSA) is 114 Å². The normalized spacial score (nSPS) is 22.9. The van der Waals surface area contributed by atoms with E-state index < -0.39 is 11.0 Å². The van der Waals surface area contributed by atoms with Crippen molar-refractivity contribution in [3.05, 3.63) is 22.2 Å². The van der Waals surface area contributed by atoms with Gasteiger partial charge in [0.25, 0.3) is 0 Å². The summed E-state index contributed by atoms with van der Waals surface area (Å²) in [6.45, 7) is 0. The van der Waals surface area contributed by atoms with Gasteiger partial charge in [0.15, 0.2) is 5.52 Å². The summed E-state index contributed by atoms with van der Waals surface area (Å²) >= 11 is 0. The van der Waals surface area contributed by atoms with Gasteiger partial charge >= 0.3 is 5.69 Å². The molecule has 2 aromatic rings. The predicted molar refractivity (Wildman–Crippen MR) is 75.0 cm³/mol. The first-order chi connectivity index (χ1) is 10.2. The van der Waals surface area contributed by atoms with Crippen LogP contribution in [0.4, 0.5) is 11.4 Å². The number of aromatic nitrogens is 2. The number of nitro groups is 1. The smallest absolute Gasteiger partial charge is 0.300 e. The molecule has 0 aliphatic heterocycles. The van der Waals surface area contributed by atoms with Crippen LogP contribution in [-0.4, -0.2) is 32.5 Å². The standard InChI is InChI=1S/C13H16N4O4/c18-11-5-3-1-2-4-8(11)14-9-6-7-10(17(19)20)13-12(9)15-21-16-13/h6-8,11,14,18H,1-5H2. The Kier molecular flexibility index (Phi) is 3.70. The van der Waals surface area contributed by atoms with Gasteiger partial charge in [-0.05, 0) is 29.2 Å². The minimum atomic E-state index is -0.517. The third-order valence-electron chi connectivity index (χ3n) is 3.91. The lowest BCUT2D eigenvalue weighted by atomic mass is 10.1. The van der Waals surface area contributed by atoms with Crippen molar-refractivity contribution in [3.63, 3.8) is 0 Å². The fraction of sp³-hybridized carbons (Fsp3) is 0.538. The van der Waals surface area contributed by atoms with Crippen LogP contribution >= 0.6 is 0 Å². The third kappa shape index (κ3) is 2.66. The van der Waals surface area contributed by atoms with Gasteiger partial charge in [-0.2, -0.15) is 0 Å². The van der Waals surface area contributed by atoms with E-state index in [1.165, 1.54) is 6.07 Å². The van der Waals surface area contributed by atoms with E-state index in [-0.39, 0.29) is 17.2 Å². The molecular weight excluding hydrogens is 276 g/mol. The number of nitro benzene ring substituents is 1. The Morgan fingerprint density at radius 3 is 2.81 bits per heavy atom. The predicted octanol–water partition coefficient (Wildman–Crippen LogP) is 2.24. The second-order valence-corrected chi connectivity index (χ2v) is 5.31. The molecule has 0 saturated heterocycles. The fourth-order valence-electron chi connectivity index (χ4n) is 2.77. The Morgan fingerprint density at radius 1 is 1.24 bits per heavy atom. The molecular formula is C13H16N4O4. The summed E-state index contributed by atoms with van der Waals surface area (Å²) in [6, 6.07) is 2.87. The molecule has 112 valence electrons. The minimum absolute atomic E-state index is 0.0890. The molecule has 8 nitrogen and oxygen atoms in total. The fourth-order valence-corrected chi connectivity index (χ4v) is 2.77. The molecule has 0 spiro atoms. The van der Waals surface area contributed by atoms with E-state index in [9.17, 15) is 15.2 Å². The zero-order valence-electron chi connectivity index (χ0n) is 11.4. The van der Waals surface area contributed by atoms with Crippen LogP contribution in [0.1, 0.15) is 32.1 Å². The Morgan fingerprint density at radius 2 is 2.00 bits per heavy atom. The first kappa shape index (κ1) is 13.7. The maximum atomic E-state index is 10.9. The molecule has 21 heavy (non-hydrogen) atoms. The van der Waals surface area contributed by atoms with Crippen molar-refractivity contribution >= 4 is 22.4 Å². The van der Waals surface area contributed by atoms with Crippen molar-refractivity contribution in [2.75, 3.05) is 5.32 Å². The first-order valence-electron chi connectivity index (χ1n) is 7.01. The Balaban J connectivity index is 1.92. The van der Waals surface area contributed by atoms with Gasteiger partial charge < -0.3 is 10.4 Å². The number of nitrogens with zero attached hydrogens (tertiary/aromatic N) is 3. The van der Waals surface area contributed by atoms with Crippen LogP contribution < -0.4 is 5.32 Å². The van der Waals surface area contributed by atoms with Crippen LogP contribution in [0.15, 0.2) is 16.8 Å². The van der Waals surface area contributed by atoms with E-state index >= 15 is 0 Å². The zero-order chi connectivity index (χ0) is 14.8. The largest absolute Gasteiger partial charge is 0.391 e. The van der Waals surface area contributed by atoms with Crippen molar-refractivity contribution in [1.82, 2.24) is 10.3 Å². The molecule has 1 aromatic carbocycles. The number of hydrogen-bond donors (Lipinski definition) is 2. The van der Waals surface area contributed by atoms with Gasteiger partial charge in [-0.15, -0.1) is 0 Å². The van der Waals surface area contributed by atoms with Gasteiger partial charge in [0.05, 0.1) is 22.8 Å². The monoisotopic (exact) mass is 292 g/mol. The van der Waals surface area contributed by atoms with Gasteiger partial charge in [-0.25, -0.2) is 4.63 Å². The molecule has 3 rings (SSSR count). The number of rotatable bonds is 3. The van der Waals surface area contributed by atoms with Crippen LogP contribution in [-0.2, 0) is 0 Å². The van der Waals surface area contributed by atoms with Gasteiger partial charge in [0.1, 0.15) is 0 Å². The van der Waals surface area contributed by atoms with Gasteiger partial charge in [0, 0.05) is 6.07 Å². The number of aliphatic hydroxyl groups excluding tert-OH is 1. The summed E-state index contributed by atoms with van der Waals surface area (Å²) in [6.07, 6.45) is 4.34. The first-order valence-corrected chi connectivity index (χ1v) is 7.01. The quantitative estimate of drug-likeness (QED) is 0.506. The van der Waals surface area contributed by atoms with Gasteiger partial charge in [-0.1, -0.05) is 19.3 Å². The van der Waals surface area contributed by atoms with E-state index in [0.29, 0.717) is 11.2 Å². The summed E-state index contributed by atoms with van der Waals surface area (Å²) in [4.78, 5) is 10.4. The third-order valence-corrected chi connectivity index (χ3v) is 3.91. The van der Waals surface area contributed by atoms with E-state index in [4.69, 9.17) is 0 Å². The number of nitrogens with one attached hydrogen (secondary N) is 1. The second kappa shape index (κ2) is 5.65. The molecule has 1 saturated carbocycles. The lowest BCUT2D eigenvalue weighted by Gasteiger charge is -2.22. The van der Waals surface area contributed by atoms with Crippen LogP contribution in [0.2, 0.25) is 0 Å².